The molecule has 0 spiro atoms. The van der Waals surface area contributed by atoms with Gasteiger partial charge in [0.25, 0.3) is 0 Å². The molecule has 2 aliphatic heterocycles. The standard InChI is InChI=1S/C16H19N3O3S/c1-18(2)13-12(15(20)19-8-9-22-16(19)21)10-23-14(17-13)11-6-4-3-5-7-11/h3-7,12-13H,8-10H2,1-2H3/t12-,13+/m1/s1. The Bertz CT molecular complexity index is 633. The maximum Gasteiger partial charge on any atom is 0.416 e. The molecule has 23 heavy (non-hydrogen) atoms. The van der Waals surface area contributed by atoms with Gasteiger partial charge in [0.05, 0.1) is 17.5 Å². The number of aliphatic imine (C=N–C) groups is 1. The van der Waals surface area contributed by atoms with Gasteiger partial charge >= 0.3 is 6.09 Å². The third-order valence-corrected chi connectivity index (χ3v) is 5.04. The maximum absolute atomic E-state index is 12.7. The zero-order valence-electron chi connectivity index (χ0n) is 13.1. The van der Waals surface area contributed by atoms with E-state index in [1.54, 1.807) is 11.8 Å². The normalized spacial score (nSPS) is 24.6. The first-order valence-electron chi connectivity index (χ1n) is 7.48. The van der Waals surface area contributed by atoms with Gasteiger partial charge in [0.1, 0.15) is 12.8 Å². The van der Waals surface area contributed by atoms with Crippen LogP contribution in [-0.4, -0.2) is 66.0 Å². The average molecular weight is 333 g/mol. The Morgan fingerprint density at radius 1 is 1.35 bits per heavy atom. The molecule has 0 aromatic heterocycles. The molecule has 1 saturated heterocycles. The van der Waals surface area contributed by atoms with Gasteiger partial charge in [-0.3, -0.25) is 14.7 Å². The largest absolute Gasteiger partial charge is 0.447 e. The van der Waals surface area contributed by atoms with Crippen LogP contribution < -0.4 is 0 Å². The SMILES string of the molecule is CN(C)[C@@H]1N=C(c2ccccc2)SC[C@H]1C(=O)N1CCOC1=O. The second kappa shape index (κ2) is 6.72. The molecule has 3 rings (SSSR count). The van der Waals surface area contributed by atoms with Gasteiger partial charge in [-0.2, -0.15) is 0 Å². The fraction of sp³-hybridized carbons (Fsp3) is 0.438. The molecule has 0 N–H and O–H groups in total. The molecule has 0 unspecified atom stereocenters. The van der Waals surface area contributed by atoms with Gasteiger partial charge in [0.2, 0.25) is 5.91 Å². The van der Waals surface area contributed by atoms with E-state index < -0.39 is 6.09 Å². The summed E-state index contributed by atoms with van der Waals surface area (Å²) in [5.41, 5.74) is 1.05. The van der Waals surface area contributed by atoms with Crippen molar-refractivity contribution >= 4 is 28.8 Å². The summed E-state index contributed by atoms with van der Waals surface area (Å²) in [5.74, 6) is 0.0433. The Morgan fingerprint density at radius 3 is 2.70 bits per heavy atom. The molecule has 7 heteroatoms. The molecule has 122 valence electrons. The molecule has 0 radical (unpaired) electrons. The smallest absolute Gasteiger partial charge is 0.416 e. The number of hydrogen-bond acceptors (Lipinski definition) is 6. The van der Waals surface area contributed by atoms with Crippen LogP contribution in [0.4, 0.5) is 4.79 Å². The van der Waals surface area contributed by atoms with Gasteiger partial charge in [0, 0.05) is 11.3 Å². The predicted octanol–water partition coefficient (Wildman–Crippen LogP) is 1.66. The number of cyclic esters (lactones) is 1. The molecular formula is C16H19N3O3S. The molecule has 6 nitrogen and oxygen atoms in total. The van der Waals surface area contributed by atoms with Crippen molar-refractivity contribution < 1.29 is 14.3 Å². The highest BCUT2D eigenvalue weighted by molar-refractivity contribution is 8.14. The van der Waals surface area contributed by atoms with Crippen LogP contribution >= 0.6 is 11.8 Å². The third kappa shape index (κ3) is 3.25. The predicted molar refractivity (Wildman–Crippen MR) is 89.5 cm³/mol. The van der Waals surface area contributed by atoms with Crippen LogP contribution in [-0.2, 0) is 9.53 Å². The zero-order valence-corrected chi connectivity index (χ0v) is 14.0. The average Bonchev–Trinajstić information content (AvgIpc) is 3.00. The summed E-state index contributed by atoms with van der Waals surface area (Å²) >= 11 is 1.56. The quantitative estimate of drug-likeness (QED) is 0.842. The fourth-order valence-corrected chi connectivity index (χ4v) is 3.85. The Hall–Kier alpha value is -1.86. The molecule has 2 heterocycles. The maximum atomic E-state index is 12.7. The summed E-state index contributed by atoms with van der Waals surface area (Å²) in [6.07, 6.45) is -0.831. The summed E-state index contributed by atoms with van der Waals surface area (Å²) in [7, 11) is 3.80. The second-order valence-corrected chi connectivity index (χ2v) is 6.71. The van der Waals surface area contributed by atoms with Crippen LogP contribution in [0.5, 0.6) is 0 Å². The minimum absolute atomic E-state index is 0.199. The van der Waals surface area contributed by atoms with E-state index in [4.69, 9.17) is 9.73 Å². The van der Waals surface area contributed by atoms with Gasteiger partial charge in [-0.15, -0.1) is 11.8 Å². The van der Waals surface area contributed by atoms with Gasteiger partial charge in [-0.05, 0) is 14.1 Å². The molecule has 2 aliphatic rings. The van der Waals surface area contributed by atoms with Crippen molar-refractivity contribution in [2.45, 2.75) is 6.17 Å². The number of amides is 2. The van der Waals surface area contributed by atoms with Crippen molar-refractivity contribution in [3.05, 3.63) is 35.9 Å². The molecule has 2 amide bonds. The summed E-state index contributed by atoms with van der Waals surface area (Å²) in [5, 5.41) is 0.928. The fourth-order valence-electron chi connectivity index (χ4n) is 2.71. The van der Waals surface area contributed by atoms with Crippen molar-refractivity contribution in [1.29, 1.82) is 0 Å². The highest BCUT2D eigenvalue weighted by Gasteiger charge is 2.40. The lowest BCUT2D eigenvalue weighted by atomic mass is 10.1. The first-order valence-corrected chi connectivity index (χ1v) is 8.47. The van der Waals surface area contributed by atoms with E-state index >= 15 is 0 Å². The summed E-state index contributed by atoms with van der Waals surface area (Å²) < 4.78 is 4.87. The number of hydrogen-bond donors (Lipinski definition) is 0. The number of benzene rings is 1. The lowest BCUT2D eigenvalue weighted by Crippen LogP contribution is -2.48. The molecule has 0 bridgehead atoms. The lowest BCUT2D eigenvalue weighted by Gasteiger charge is -2.33. The zero-order chi connectivity index (χ0) is 16.4. The minimum atomic E-state index is -0.546. The summed E-state index contributed by atoms with van der Waals surface area (Å²) in [6.45, 7) is 0.601. The number of carbonyl (C=O) groups excluding carboxylic acids is 2. The molecule has 0 saturated carbocycles. The Morgan fingerprint density at radius 2 is 2.09 bits per heavy atom. The number of imide groups is 1. The van der Waals surface area contributed by atoms with Crippen LogP contribution in [0, 0.1) is 5.92 Å². The lowest BCUT2D eigenvalue weighted by molar-refractivity contribution is -0.133. The van der Waals surface area contributed by atoms with E-state index in [-0.39, 0.29) is 24.6 Å². The van der Waals surface area contributed by atoms with Gasteiger partial charge in [0.15, 0.2) is 0 Å². The van der Waals surface area contributed by atoms with Gasteiger partial charge in [-0.1, -0.05) is 30.3 Å². The molecule has 2 atom stereocenters. The number of rotatable bonds is 3. The summed E-state index contributed by atoms with van der Waals surface area (Å²) in [4.78, 5) is 32.2. The highest BCUT2D eigenvalue weighted by atomic mass is 32.2. The highest BCUT2D eigenvalue weighted by Crippen LogP contribution is 2.29. The molecule has 1 aromatic rings. The molecule has 1 aromatic carbocycles. The van der Waals surface area contributed by atoms with Crippen molar-refractivity contribution in [2.24, 2.45) is 10.9 Å². The van der Waals surface area contributed by atoms with Crippen molar-refractivity contribution in [2.75, 3.05) is 33.0 Å². The first kappa shape index (κ1) is 16.0. The van der Waals surface area contributed by atoms with Crippen LogP contribution in [0.2, 0.25) is 0 Å². The van der Waals surface area contributed by atoms with E-state index in [0.29, 0.717) is 12.3 Å². The second-order valence-electron chi connectivity index (χ2n) is 5.70. The van der Waals surface area contributed by atoms with E-state index in [1.165, 1.54) is 4.90 Å². The van der Waals surface area contributed by atoms with E-state index in [2.05, 4.69) is 0 Å². The summed E-state index contributed by atoms with van der Waals surface area (Å²) in [6, 6.07) is 9.94. The van der Waals surface area contributed by atoms with Crippen molar-refractivity contribution in [3.63, 3.8) is 0 Å². The van der Waals surface area contributed by atoms with Crippen LogP contribution in [0.1, 0.15) is 5.56 Å². The van der Waals surface area contributed by atoms with Crippen molar-refractivity contribution in [3.8, 4) is 0 Å². The Balaban J connectivity index is 1.84. The van der Waals surface area contributed by atoms with Crippen molar-refractivity contribution in [1.82, 2.24) is 9.80 Å². The number of ether oxygens (including phenoxy) is 1. The molecule has 0 aliphatic carbocycles. The van der Waals surface area contributed by atoms with Crippen LogP contribution in [0.25, 0.3) is 0 Å². The van der Waals surface area contributed by atoms with E-state index in [9.17, 15) is 9.59 Å². The number of nitrogens with zero attached hydrogens (tertiary/aromatic N) is 3. The Kier molecular flexibility index (Phi) is 4.68. The van der Waals surface area contributed by atoms with Gasteiger partial charge in [-0.25, -0.2) is 9.69 Å². The topological polar surface area (TPSA) is 62.2 Å². The minimum Gasteiger partial charge on any atom is -0.447 e. The van der Waals surface area contributed by atoms with Crippen LogP contribution in [0.15, 0.2) is 35.3 Å². The van der Waals surface area contributed by atoms with Crippen LogP contribution in [0.3, 0.4) is 0 Å². The van der Waals surface area contributed by atoms with E-state index in [1.807, 2.05) is 49.3 Å². The monoisotopic (exact) mass is 333 g/mol. The number of carbonyl (C=O) groups is 2. The third-order valence-electron chi connectivity index (χ3n) is 3.90. The Labute approximate surface area is 139 Å². The molecular weight excluding hydrogens is 314 g/mol. The molecule has 1 fully saturated rings. The first-order chi connectivity index (χ1) is 11.1. The van der Waals surface area contributed by atoms with E-state index in [0.717, 1.165) is 10.6 Å². The van der Waals surface area contributed by atoms with Gasteiger partial charge < -0.3 is 4.74 Å². The number of thioether (sulfide) groups is 1.